The number of carbonyl (C=O) groups excluding carboxylic acids is 2. The van der Waals surface area contributed by atoms with Crippen molar-refractivity contribution in [2.45, 2.75) is 25.9 Å². The average Bonchev–Trinajstić information content (AvgIpc) is 3.51. The number of nitrogens with one attached hydrogen (secondary N) is 2. The second-order valence-corrected chi connectivity index (χ2v) is 9.19. The molecule has 9 heteroatoms. The molecular weight excluding hydrogens is 464 g/mol. The lowest BCUT2D eigenvalue weighted by atomic mass is 10.0. The first kappa shape index (κ1) is 24.3. The standard InChI is InChI=1S/C26H28N4O4S/c1-4-19(18-9-5-7-11-21(18)33-16-24(31)30(2)3)29-26(32)27-15-17-13-14-22(34-17)25-28-20-10-6-8-12-23(20)35-25/h5-14,19H,4,15-16H2,1-3H3,(H2,27,29,32). The van der Waals surface area contributed by atoms with Crippen LogP contribution in [0.2, 0.25) is 0 Å². The monoisotopic (exact) mass is 492 g/mol. The van der Waals surface area contributed by atoms with Crippen LogP contribution in [0.25, 0.3) is 21.0 Å². The Hall–Kier alpha value is -3.85. The molecule has 0 aliphatic rings. The van der Waals surface area contributed by atoms with Gasteiger partial charge < -0.3 is 24.7 Å². The van der Waals surface area contributed by atoms with Crippen LogP contribution in [0.5, 0.6) is 5.75 Å². The molecule has 1 atom stereocenters. The second kappa shape index (κ2) is 11.1. The van der Waals surface area contributed by atoms with Gasteiger partial charge in [0.1, 0.15) is 11.5 Å². The quantitative estimate of drug-likeness (QED) is 0.344. The van der Waals surface area contributed by atoms with E-state index in [1.54, 1.807) is 31.5 Å². The summed E-state index contributed by atoms with van der Waals surface area (Å²) in [6.45, 7) is 2.15. The van der Waals surface area contributed by atoms with E-state index in [1.807, 2.05) is 61.5 Å². The molecule has 35 heavy (non-hydrogen) atoms. The molecule has 0 saturated heterocycles. The van der Waals surface area contributed by atoms with Crippen molar-refractivity contribution in [3.8, 4) is 16.5 Å². The first-order chi connectivity index (χ1) is 16.9. The smallest absolute Gasteiger partial charge is 0.315 e. The van der Waals surface area contributed by atoms with Crippen LogP contribution in [0.3, 0.4) is 0 Å². The number of hydrogen-bond donors (Lipinski definition) is 2. The van der Waals surface area contributed by atoms with Crippen molar-refractivity contribution in [2.24, 2.45) is 0 Å². The number of nitrogens with zero attached hydrogens (tertiary/aromatic N) is 2. The Labute approximate surface area is 207 Å². The number of amides is 3. The minimum Gasteiger partial charge on any atom is -0.483 e. The summed E-state index contributed by atoms with van der Waals surface area (Å²) in [6, 6.07) is 18.4. The number of urea groups is 1. The maximum absolute atomic E-state index is 12.6. The molecular formula is C26H28N4O4S. The third kappa shape index (κ3) is 5.99. The van der Waals surface area contributed by atoms with Crippen LogP contribution in [-0.2, 0) is 11.3 Å². The fourth-order valence-corrected chi connectivity index (χ4v) is 4.44. The summed E-state index contributed by atoms with van der Waals surface area (Å²) >= 11 is 1.57. The van der Waals surface area contributed by atoms with Crippen LogP contribution in [0.15, 0.2) is 65.1 Å². The number of ether oxygens (including phenoxy) is 1. The SMILES string of the molecule is CCC(NC(=O)NCc1ccc(-c2nc3ccccc3s2)o1)c1ccccc1OCC(=O)N(C)C. The summed E-state index contributed by atoms with van der Waals surface area (Å²) in [5.41, 5.74) is 1.75. The molecule has 0 saturated carbocycles. The van der Waals surface area contributed by atoms with Gasteiger partial charge in [0.25, 0.3) is 5.91 Å². The van der Waals surface area contributed by atoms with Crippen LogP contribution in [0.1, 0.15) is 30.7 Å². The van der Waals surface area contributed by atoms with Gasteiger partial charge in [-0.3, -0.25) is 4.79 Å². The average molecular weight is 493 g/mol. The first-order valence-corrected chi connectivity index (χ1v) is 12.2. The van der Waals surface area contributed by atoms with Crippen molar-refractivity contribution < 1.29 is 18.7 Å². The van der Waals surface area contributed by atoms with Crippen LogP contribution < -0.4 is 15.4 Å². The molecule has 2 aromatic carbocycles. The third-order valence-electron chi connectivity index (χ3n) is 5.45. The van der Waals surface area contributed by atoms with Gasteiger partial charge in [-0.15, -0.1) is 11.3 Å². The van der Waals surface area contributed by atoms with E-state index in [0.29, 0.717) is 23.7 Å². The highest BCUT2D eigenvalue weighted by Crippen LogP contribution is 2.31. The zero-order chi connectivity index (χ0) is 24.8. The van der Waals surface area contributed by atoms with E-state index in [-0.39, 0.29) is 31.1 Å². The molecule has 0 bridgehead atoms. The minimum atomic E-state index is -0.325. The Morgan fingerprint density at radius 3 is 2.63 bits per heavy atom. The lowest BCUT2D eigenvalue weighted by Gasteiger charge is -2.21. The molecule has 8 nitrogen and oxygen atoms in total. The van der Waals surface area contributed by atoms with Gasteiger partial charge in [0.15, 0.2) is 17.4 Å². The van der Waals surface area contributed by atoms with E-state index >= 15 is 0 Å². The van der Waals surface area contributed by atoms with Gasteiger partial charge in [0, 0.05) is 19.7 Å². The van der Waals surface area contributed by atoms with Crippen LogP contribution in [0, 0.1) is 0 Å². The number of likely N-dealkylation sites (N-methyl/N-ethyl adjacent to an activating group) is 1. The summed E-state index contributed by atoms with van der Waals surface area (Å²) in [4.78, 5) is 30.6. The van der Waals surface area contributed by atoms with Crippen molar-refractivity contribution in [1.29, 1.82) is 0 Å². The highest BCUT2D eigenvalue weighted by atomic mass is 32.1. The van der Waals surface area contributed by atoms with E-state index in [0.717, 1.165) is 20.8 Å². The zero-order valence-electron chi connectivity index (χ0n) is 19.9. The number of rotatable bonds is 9. The molecule has 2 heterocycles. The molecule has 2 N–H and O–H groups in total. The van der Waals surface area contributed by atoms with Gasteiger partial charge in [0.2, 0.25) is 0 Å². The predicted molar refractivity (Wildman–Crippen MR) is 136 cm³/mol. The molecule has 182 valence electrons. The van der Waals surface area contributed by atoms with E-state index in [1.165, 1.54) is 4.90 Å². The Morgan fingerprint density at radius 2 is 1.86 bits per heavy atom. The number of para-hydroxylation sites is 2. The maximum atomic E-state index is 12.6. The molecule has 0 radical (unpaired) electrons. The minimum absolute atomic E-state index is 0.0673. The predicted octanol–water partition coefficient (Wildman–Crippen LogP) is 4.97. The van der Waals surface area contributed by atoms with Gasteiger partial charge in [-0.05, 0) is 36.8 Å². The van der Waals surface area contributed by atoms with Crippen molar-refractivity contribution in [3.63, 3.8) is 0 Å². The van der Waals surface area contributed by atoms with Crippen LogP contribution >= 0.6 is 11.3 Å². The Kier molecular flexibility index (Phi) is 7.67. The molecule has 3 amide bonds. The molecule has 4 rings (SSSR count). The fraction of sp³-hybridized carbons (Fsp3) is 0.269. The van der Waals surface area contributed by atoms with Crippen molar-refractivity contribution >= 4 is 33.5 Å². The number of hydrogen-bond acceptors (Lipinski definition) is 6. The van der Waals surface area contributed by atoms with E-state index in [4.69, 9.17) is 9.15 Å². The Balaban J connectivity index is 1.36. The van der Waals surface area contributed by atoms with E-state index in [9.17, 15) is 9.59 Å². The largest absolute Gasteiger partial charge is 0.483 e. The highest BCUT2D eigenvalue weighted by Gasteiger charge is 2.18. The molecule has 4 aromatic rings. The van der Waals surface area contributed by atoms with Crippen molar-refractivity contribution in [2.75, 3.05) is 20.7 Å². The van der Waals surface area contributed by atoms with E-state index < -0.39 is 0 Å². The lowest BCUT2D eigenvalue weighted by molar-refractivity contribution is -0.130. The molecule has 0 aliphatic carbocycles. The van der Waals surface area contributed by atoms with Gasteiger partial charge in [-0.1, -0.05) is 37.3 Å². The topological polar surface area (TPSA) is 96.7 Å². The van der Waals surface area contributed by atoms with Gasteiger partial charge >= 0.3 is 6.03 Å². The molecule has 0 fully saturated rings. The normalized spacial score (nSPS) is 11.7. The van der Waals surface area contributed by atoms with Gasteiger partial charge in [-0.2, -0.15) is 0 Å². The van der Waals surface area contributed by atoms with Crippen LogP contribution in [-0.4, -0.2) is 42.5 Å². The number of furan rings is 1. The molecule has 1 unspecified atom stereocenters. The zero-order valence-corrected chi connectivity index (χ0v) is 20.7. The maximum Gasteiger partial charge on any atom is 0.315 e. The van der Waals surface area contributed by atoms with Crippen molar-refractivity contribution in [3.05, 3.63) is 72.0 Å². The summed E-state index contributed by atoms with van der Waals surface area (Å²) in [5.74, 6) is 1.74. The summed E-state index contributed by atoms with van der Waals surface area (Å²) in [6.07, 6.45) is 0.651. The fourth-order valence-electron chi connectivity index (χ4n) is 3.51. The number of benzene rings is 2. The summed E-state index contributed by atoms with van der Waals surface area (Å²) in [5, 5.41) is 6.63. The molecule has 0 aliphatic heterocycles. The second-order valence-electron chi connectivity index (χ2n) is 8.16. The number of aromatic nitrogens is 1. The third-order valence-corrected chi connectivity index (χ3v) is 6.50. The summed E-state index contributed by atoms with van der Waals surface area (Å²) < 4.78 is 12.7. The Bertz CT molecular complexity index is 1280. The van der Waals surface area contributed by atoms with Gasteiger partial charge in [-0.25, -0.2) is 9.78 Å². The Morgan fingerprint density at radius 1 is 1.09 bits per heavy atom. The molecule has 0 spiro atoms. The highest BCUT2D eigenvalue weighted by molar-refractivity contribution is 7.21. The number of fused-ring (bicyclic) bond motifs is 1. The first-order valence-electron chi connectivity index (χ1n) is 11.4. The van der Waals surface area contributed by atoms with E-state index in [2.05, 4.69) is 15.6 Å². The lowest BCUT2D eigenvalue weighted by Crippen LogP contribution is -2.37. The van der Waals surface area contributed by atoms with Crippen molar-refractivity contribution in [1.82, 2.24) is 20.5 Å². The number of carbonyl (C=O) groups is 2. The summed E-state index contributed by atoms with van der Waals surface area (Å²) in [7, 11) is 3.36. The van der Waals surface area contributed by atoms with Crippen LogP contribution in [0.4, 0.5) is 4.79 Å². The number of thiazole rings is 1. The molecule has 2 aromatic heterocycles. The van der Waals surface area contributed by atoms with Gasteiger partial charge in [0.05, 0.1) is 22.8 Å².